The first kappa shape index (κ1) is 19.8. The van der Waals surface area contributed by atoms with Gasteiger partial charge in [0.2, 0.25) is 0 Å². The highest BCUT2D eigenvalue weighted by atomic mass is 16.5. The van der Waals surface area contributed by atoms with E-state index in [9.17, 15) is 14.7 Å². The van der Waals surface area contributed by atoms with Crippen LogP contribution in [0.5, 0.6) is 5.75 Å². The summed E-state index contributed by atoms with van der Waals surface area (Å²) in [6, 6.07) is 15.7. The van der Waals surface area contributed by atoms with Crippen LogP contribution in [0.15, 0.2) is 48.5 Å². The molecule has 5 rings (SSSR count). The molecule has 1 aliphatic carbocycles. The highest BCUT2D eigenvalue weighted by Crippen LogP contribution is 2.32. The fourth-order valence-corrected chi connectivity index (χ4v) is 4.50. The second kappa shape index (κ2) is 8.15. The molecule has 1 fully saturated rings. The molecule has 0 bridgehead atoms. The Morgan fingerprint density at radius 3 is 2.68 bits per heavy atom. The van der Waals surface area contributed by atoms with Crippen LogP contribution in [0.4, 0.5) is 0 Å². The Hall–Kier alpha value is -3.19. The Morgan fingerprint density at radius 1 is 1.10 bits per heavy atom. The summed E-state index contributed by atoms with van der Waals surface area (Å²) in [5.41, 5.74) is 2.77. The predicted octanol–water partition coefficient (Wildman–Crippen LogP) is 1.07. The van der Waals surface area contributed by atoms with Gasteiger partial charge in [-0.15, -0.1) is 4.99 Å². The van der Waals surface area contributed by atoms with E-state index in [1.807, 2.05) is 30.3 Å². The molecule has 0 saturated heterocycles. The van der Waals surface area contributed by atoms with Crippen LogP contribution in [0, 0.1) is 0 Å². The highest BCUT2D eigenvalue weighted by molar-refractivity contribution is 6.01. The zero-order chi connectivity index (χ0) is 21.4. The van der Waals surface area contributed by atoms with Crippen molar-refractivity contribution < 1.29 is 24.4 Å². The molecular weight excluding hydrogens is 394 g/mol. The summed E-state index contributed by atoms with van der Waals surface area (Å²) >= 11 is 0. The van der Waals surface area contributed by atoms with Gasteiger partial charge >= 0.3 is 11.8 Å². The van der Waals surface area contributed by atoms with Crippen molar-refractivity contribution in [3.63, 3.8) is 0 Å². The van der Waals surface area contributed by atoms with Gasteiger partial charge < -0.3 is 20.1 Å². The fourth-order valence-electron chi connectivity index (χ4n) is 4.50. The lowest BCUT2D eigenvalue weighted by molar-refractivity contribution is -0.394. The van der Waals surface area contributed by atoms with Crippen LogP contribution in [0.1, 0.15) is 47.2 Å². The van der Waals surface area contributed by atoms with E-state index in [2.05, 4.69) is 22.4 Å². The first-order chi connectivity index (χ1) is 15.1. The first-order valence-electron chi connectivity index (χ1n) is 10.8. The number of nitrogens with one attached hydrogen (secondary N) is 2. The largest absolute Gasteiger partial charge is 0.489 e. The molecule has 7 heteroatoms. The number of fused-ring (bicyclic) bond motifs is 1. The maximum absolute atomic E-state index is 12.8. The number of hydrogen-bond donors (Lipinski definition) is 3. The van der Waals surface area contributed by atoms with Crippen LogP contribution in [0.25, 0.3) is 0 Å². The van der Waals surface area contributed by atoms with E-state index in [0.29, 0.717) is 31.0 Å². The van der Waals surface area contributed by atoms with Gasteiger partial charge in [0.15, 0.2) is 6.04 Å². The zero-order valence-electron chi connectivity index (χ0n) is 17.2. The summed E-state index contributed by atoms with van der Waals surface area (Å²) in [7, 11) is 0. The maximum Gasteiger partial charge on any atom is 0.388 e. The summed E-state index contributed by atoms with van der Waals surface area (Å²) in [6.45, 7) is 1.22. The lowest BCUT2D eigenvalue weighted by atomic mass is 9.88. The number of carbonyl (C=O) groups excluding carboxylic acids is 2. The maximum atomic E-state index is 12.8. The minimum Gasteiger partial charge on any atom is -0.489 e. The van der Waals surface area contributed by atoms with E-state index in [1.165, 1.54) is 5.56 Å². The average Bonchev–Trinajstić information content (AvgIpc) is 3.08. The summed E-state index contributed by atoms with van der Waals surface area (Å²) in [5.74, 6) is 0.273. The molecule has 1 saturated carbocycles. The molecule has 2 amide bonds. The zero-order valence-corrected chi connectivity index (χ0v) is 17.2. The third-order valence-corrected chi connectivity index (χ3v) is 6.42. The lowest BCUT2D eigenvalue weighted by Gasteiger charge is -2.37. The van der Waals surface area contributed by atoms with Crippen molar-refractivity contribution in [2.24, 2.45) is 0 Å². The molecule has 7 nitrogen and oxygen atoms in total. The monoisotopic (exact) mass is 420 g/mol. The van der Waals surface area contributed by atoms with Crippen molar-refractivity contribution in [3.8, 4) is 5.75 Å². The molecule has 3 aliphatic rings. The van der Waals surface area contributed by atoms with E-state index in [0.717, 1.165) is 30.7 Å². The van der Waals surface area contributed by atoms with Crippen molar-refractivity contribution in [2.75, 3.05) is 0 Å². The lowest BCUT2D eigenvalue weighted by Crippen LogP contribution is -2.82. The molecule has 2 aromatic rings. The third kappa shape index (κ3) is 3.93. The van der Waals surface area contributed by atoms with Crippen molar-refractivity contribution in [1.82, 2.24) is 10.2 Å². The number of rotatable bonds is 6. The number of amides is 2. The van der Waals surface area contributed by atoms with Gasteiger partial charge in [-0.05, 0) is 48.6 Å². The number of ether oxygens (including phenoxy) is 1. The standard InChI is InChI=1S/C24H25N3O4/c28-22-11-9-20(23(29)26-22)27-14-16-12-17(6-7-18(16)24(27)30)31-21-10-8-19(21)25-13-15-4-2-1-3-5-15/h1-7,12,19-21,25H,8-11,13-14H2,(H,26,28,29)/p+1/t19-,20?,21+/m0/s1. The number of nitrogens with zero attached hydrogens (tertiary/aromatic N) is 1. The molecule has 3 atom stereocenters. The van der Waals surface area contributed by atoms with Gasteiger partial charge in [-0.25, -0.2) is 4.79 Å². The molecule has 2 aromatic carbocycles. The molecule has 2 aliphatic heterocycles. The van der Waals surface area contributed by atoms with Crippen molar-refractivity contribution >= 4 is 17.7 Å². The third-order valence-electron chi connectivity index (χ3n) is 6.42. The smallest absolute Gasteiger partial charge is 0.388 e. The summed E-state index contributed by atoms with van der Waals surface area (Å²) in [4.78, 5) is 28.3. The molecule has 160 valence electrons. The van der Waals surface area contributed by atoms with E-state index < -0.39 is 6.04 Å². The normalized spacial score (nSPS) is 25.1. The number of aliphatic hydroxyl groups excluding tert-OH is 1. The van der Waals surface area contributed by atoms with Gasteiger partial charge in [-0.1, -0.05) is 30.3 Å². The van der Waals surface area contributed by atoms with Crippen molar-refractivity contribution in [2.45, 2.75) is 57.0 Å². The van der Waals surface area contributed by atoms with Crippen LogP contribution >= 0.6 is 0 Å². The van der Waals surface area contributed by atoms with E-state index >= 15 is 0 Å². The van der Waals surface area contributed by atoms with E-state index in [4.69, 9.17) is 4.74 Å². The van der Waals surface area contributed by atoms with Gasteiger partial charge in [0.1, 0.15) is 11.9 Å². The summed E-state index contributed by atoms with van der Waals surface area (Å²) < 4.78 is 6.22. The van der Waals surface area contributed by atoms with E-state index in [-0.39, 0.29) is 23.8 Å². The van der Waals surface area contributed by atoms with Crippen LogP contribution in [0.3, 0.4) is 0 Å². The molecule has 3 N–H and O–H groups in total. The van der Waals surface area contributed by atoms with Crippen LogP contribution in [-0.2, 0) is 17.9 Å². The van der Waals surface area contributed by atoms with Crippen molar-refractivity contribution in [1.29, 1.82) is 0 Å². The second-order valence-electron chi connectivity index (χ2n) is 8.45. The topological polar surface area (TPSA) is 92.8 Å². The molecule has 0 aromatic heterocycles. The van der Waals surface area contributed by atoms with Crippen LogP contribution in [0.2, 0.25) is 0 Å². The minimum atomic E-state index is -0.486. The highest BCUT2D eigenvalue weighted by Gasteiger charge is 2.41. The summed E-state index contributed by atoms with van der Waals surface area (Å²) in [6.07, 6.45) is 2.91. The van der Waals surface area contributed by atoms with Crippen molar-refractivity contribution in [3.05, 3.63) is 65.2 Å². The minimum absolute atomic E-state index is 0.112. The number of hydrogen-bond acceptors (Lipinski definition) is 4. The van der Waals surface area contributed by atoms with E-state index in [1.54, 1.807) is 11.0 Å². The Labute approximate surface area is 180 Å². The average molecular weight is 420 g/mol. The number of carbonyl (C=O) groups is 2. The molecule has 2 heterocycles. The Morgan fingerprint density at radius 2 is 1.94 bits per heavy atom. The SMILES string of the molecule is O=C1CCC(N2Cc3cc(O[C@@H]4CC[C@@H]4NCc4ccccc4)ccc3C2=O)C(O)=[NH+]1. The van der Waals surface area contributed by atoms with Gasteiger partial charge in [0, 0.05) is 24.7 Å². The molecule has 31 heavy (non-hydrogen) atoms. The predicted molar refractivity (Wildman–Crippen MR) is 114 cm³/mol. The second-order valence-corrected chi connectivity index (χ2v) is 8.45. The van der Waals surface area contributed by atoms with Gasteiger partial charge in [0.25, 0.3) is 5.91 Å². The Bertz CT molecular complexity index is 1040. The molecule has 1 unspecified atom stereocenters. The van der Waals surface area contributed by atoms with Crippen LogP contribution in [-0.4, -0.2) is 45.9 Å². The first-order valence-corrected chi connectivity index (χ1v) is 10.8. The molecule has 0 radical (unpaired) electrons. The quantitative estimate of drug-likeness (QED) is 0.650. The Balaban J connectivity index is 1.22. The number of aliphatic hydroxyl groups is 1. The van der Waals surface area contributed by atoms with Gasteiger partial charge in [-0.2, -0.15) is 0 Å². The number of benzene rings is 2. The molecular formula is C24H26N3O4+. The fraction of sp³-hybridized carbons (Fsp3) is 0.375. The summed E-state index contributed by atoms with van der Waals surface area (Å²) in [5, 5.41) is 13.7. The van der Waals surface area contributed by atoms with Gasteiger partial charge in [-0.3, -0.25) is 4.79 Å². The molecule has 0 spiro atoms. The van der Waals surface area contributed by atoms with Gasteiger partial charge in [0.05, 0.1) is 6.42 Å². The Kier molecular flexibility index (Phi) is 5.19. The van der Waals surface area contributed by atoms with Crippen LogP contribution < -0.4 is 15.0 Å².